The molecule has 1 unspecified atom stereocenters. The van der Waals surface area contributed by atoms with Gasteiger partial charge < -0.3 is 19.2 Å². The van der Waals surface area contributed by atoms with Crippen LogP contribution in [-0.4, -0.2) is 32.3 Å². The molecule has 0 saturated carbocycles. The van der Waals surface area contributed by atoms with Crippen molar-refractivity contribution in [2.45, 2.75) is 19.2 Å². The summed E-state index contributed by atoms with van der Waals surface area (Å²) in [5, 5.41) is 9.75. The fourth-order valence-electron chi connectivity index (χ4n) is 2.05. The Bertz CT molecular complexity index is 474. The van der Waals surface area contributed by atoms with Crippen LogP contribution in [0.15, 0.2) is 12.1 Å². The standard InChI is InChI=1S/C12H15BO5/c1-7-6-8-4-5-9(16-2)10(12(14)17-3)11(8)18-13(7)15/h4-5,7,15H,6H2,1-3H3. The molecule has 0 saturated heterocycles. The monoisotopic (exact) mass is 250 g/mol. The van der Waals surface area contributed by atoms with Crippen molar-refractivity contribution < 1.29 is 23.9 Å². The normalized spacial score (nSPS) is 17.8. The lowest BCUT2D eigenvalue weighted by Gasteiger charge is -2.27. The van der Waals surface area contributed by atoms with E-state index in [4.69, 9.17) is 14.1 Å². The molecular weight excluding hydrogens is 235 g/mol. The van der Waals surface area contributed by atoms with Gasteiger partial charge in [-0.2, -0.15) is 0 Å². The first kappa shape index (κ1) is 12.8. The molecule has 1 heterocycles. The number of rotatable bonds is 2. The van der Waals surface area contributed by atoms with Crippen LogP contribution >= 0.6 is 0 Å². The van der Waals surface area contributed by atoms with Crippen LogP contribution in [0, 0.1) is 0 Å². The SMILES string of the molecule is COC(=O)c1c(OC)ccc2c1OB(O)C(C)C2. The maximum Gasteiger partial charge on any atom is 0.525 e. The molecule has 96 valence electrons. The highest BCUT2D eigenvalue weighted by Crippen LogP contribution is 2.39. The highest BCUT2D eigenvalue weighted by Gasteiger charge is 2.35. The molecule has 2 rings (SSSR count). The predicted octanol–water partition coefficient (Wildman–Crippen LogP) is 1.29. The highest BCUT2D eigenvalue weighted by atomic mass is 16.5. The Hall–Kier alpha value is -1.69. The van der Waals surface area contributed by atoms with Gasteiger partial charge in [0.05, 0.1) is 14.2 Å². The number of carbonyl (C=O) groups excluding carboxylic acids is 1. The van der Waals surface area contributed by atoms with Crippen molar-refractivity contribution in [3.63, 3.8) is 0 Å². The second kappa shape index (κ2) is 4.90. The lowest BCUT2D eigenvalue weighted by Crippen LogP contribution is -2.33. The average molecular weight is 250 g/mol. The van der Waals surface area contributed by atoms with Crippen molar-refractivity contribution in [2.75, 3.05) is 14.2 Å². The highest BCUT2D eigenvalue weighted by molar-refractivity contribution is 6.46. The molecule has 0 radical (unpaired) electrons. The molecule has 1 aliphatic heterocycles. The molecule has 1 aromatic carbocycles. The van der Waals surface area contributed by atoms with Crippen LogP contribution in [0.1, 0.15) is 22.8 Å². The van der Waals surface area contributed by atoms with E-state index in [-0.39, 0.29) is 11.4 Å². The predicted molar refractivity (Wildman–Crippen MR) is 66.1 cm³/mol. The third-order valence-electron chi connectivity index (χ3n) is 3.08. The Kier molecular flexibility index (Phi) is 3.47. The summed E-state index contributed by atoms with van der Waals surface area (Å²) < 4.78 is 15.3. The topological polar surface area (TPSA) is 65.0 Å². The van der Waals surface area contributed by atoms with E-state index < -0.39 is 13.1 Å². The second-order valence-corrected chi connectivity index (χ2v) is 4.31. The number of esters is 1. The summed E-state index contributed by atoms with van der Waals surface area (Å²) in [4.78, 5) is 11.8. The van der Waals surface area contributed by atoms with Gasteiger partial charge in [0.25, 0.3) is 0 Å². The Labute approximate surface area is 106 Å². The summed E-state index contributed by atoms with van der Waals surface area (Å²) in [7, 11) is 1.84. The largest absolute Gasteiger partial charge is 0.535 e. The van der Waals surface area contributed by atoms with Gasteiger partial charge in [0.15, 0.2) is 0 Å². The van der Waals surface area contributed by atoms with E-state index in [1.165, 1.54) is 14.2 Å². The number of hydrogen-bond acceptors (Lipinski definition) is 5. The van der Waals surface area contributed by atoms with E-state index in [2.05, 4.69) is 0 Å². The minimum atomic E-state index is -0.923. The molecule has 1 atom stereocenters. The zero-order valence-electron chi connectivity index (χ0n) is 10.6. The Balaban J connectivity index is 2.55. The van der Waals surface area contributed by atoms with E-state index >= 15 is 0 Å². The number of ether oxygens (including phenoxy) is 2. The molecule has 18 heavy (non-hydrogen) atoms. The number of fused-ring (bicyclic) bond motifs is 1. The van der Waals surface area contributed by atoms with E-state index in [0.717, 1.165) is 5.56 Å². The maximum absolute atomic E-state index is 11.8. The number of methoxy groups -OCH3 is 2. The van der Waals surface area contributed by atoms with Gasteiger partial charge >= 0.3 is 13.1 Å². The molecule has 0 spiro atoms. The first-order valence-electron chi connectivity index (χ1n) is 5.71. The Morgan fingerprint density at radius 2 is 2.22 bits per heavy atom. The van der Waals surface area contributed by atoms with Gasteiger partial charge in [-0.3, -0.25) is 0 Å². The summed E-state index contributed by atoms with van der Waals surface area (Å²) >= 11 is 0. The van der Waals surface area contributed by atoms with Crippen LogP contribution < -0.4 is 9.39 Å². The molecule has 0 aromatic heterocycles. The zero-order chi connectivity index (χ0) is 13.3. The van der Waals surface area contributed by atoms with Crippen LogP contribution in [0.4, 0.5) is 0 Å². The van der Waals surface area contributed by atoms with Crippen molar-refractivity contribution in [1.29, 1.82) is 0 Å². The summed E-state index contributed by atoms with van der Waals surface area (Å²) in [5.41, 5.74) is 1.09. The second-order valence-electron chi connectivity index (χ2n) is 4.31. The third kappa shape index (κ3) is 2.03. The minimum absolute atomic E-state index is 0.0172. The summed E-state index contributed by atoms with van der Waals surface area (Å²) in [6, 6.07) is 3.54. The van der Waals surface area contributed by atoms with E-state index in [9.17, 15) is 9.82 Å². The summed E-state index contributed by atoms with van der Waals surface area (Å²) in [5.74, 6) is 0.177. The van der Waals surface area contributed by atoms with Gasteiger partial charge in [0, 0.05) is 5.82 Å². The van der Waals surface area contributed by atoms with E-state index in [0.29, 0.717) is 17.9 Å². The van der Waals surface area contributed by atoms with E-state index in [1.54, 1.807) is 6.07 Å². The molecule has 0 fully saturated rings. The van der Waals surface area contributed by atoms with Crippen molar-refractivity contribution in [3.8, 4) is 11.5 Å². The quantitative estimate of drug-likeness (QED) is 0.632. The van der Waals surface area contributed by atoms with Crippen molar-refractivity contribution >= 4 is 13.1 Å². The van der Waals surface area contributed by atoms with Crippen LogP contribution in [-0.2, 0) is 11.2 Å². The number of hydrogen-bond donors (Lipinski definition) is 1. The molecule has 1 aromatic rings. The molecule has 0 amide bonds. The van der Waals surface area contributed by atoms with Gasteiger partial charge in [-0.1, -0.05) is 13.0 Å². The van der Waals surface area contributed by atoms with Crippen molar-refractivity contribution in [2.24, 2.45) is 0 Å². The van der Waals surface area contributed by atoms with Crippen LogP contribution in [0.2, 0.25) is 5.82 Å². The lowest BCUT2D eigenvalue weighted by atomic mass is 9.68. The molecular formula is C12H15BO5. The Morgan fingerprint density at radius 3 is 2.83 bits per heavy atom. The summed E-state index contributed by atoms with van der Waals surface area (Å²) in [6.07, 6.45) is 0.643. The third-order valence-corrected chi connectivity index (χ3v) is 3.08. The van der Waals surface area contributed by atoms with Crippen molar-refractivity contribution in [1.82, 2.24) is 0 Å². The fourth-order valence-corrected chi connectivity index (χ4v) is 2.05. The van der Waals surface area contributed by atoms with Gasteiger partial charge in [0.1, 0.15) is 17.1 Å². The zero-order valence-corrected chi connectivity index (χ0v) is 10.6. The molecule has 0 bridgehead atoms. The molecule has 0 aliphatic carbocycles. The first-order valence-corrected chi connectivity index (χ1v) is 5.71. The minimum Gasteiger partial charge on any atom is -0.535 e. The smallest absolute Gasteiger partial charge is 0.525 e. The molecule has 1 N–H and O–H groups in total. The van der Waals surface area contributed by atoms with Gasteiger partial charge in [-0.05, 0) is 18.1 Å². The average Bonchev–Trinajstić information content (AvgIpc) is 2.38. The molecule has 5 nitrogen and oxygen atoms in total. The Morgan fingerprint density at radius 1 is 1.50 bits per heavy atom. The van der Waals surface area contributed by atoms with Crippen LogP contribution in [0.3, 0.4) is 0 Å². The fraction of sp³-hybridized carbons (Fsp3) is 0.417. The number of benzene rings is 1. The van der Waals surface area contributed by atoms with Gasteiger partial charge in [-0.15, -0.1) is 0 Å². The van der Waals surface area contributed by atoms with Gasteiger partial charge in [-0.25, -0.2) is 4.79 Å². The first-order chi connectivity index (χ1) is 8.58. The van der Waals surface area contributed by atoms with Crippen LogP contribution in [0.25, 0.3) is 0 Å². The van der Waals surface area contributed by atoms with Crippen LogP contribution in [0.5, 0.6) is 11.5 Å². The summed E-state index contributed by atoms with van der Waals surface area (Å²) in [6.45, 7) is 1.88. The lowest BCUT2D eigenvalue weighted by molar-refractivity contribution is 0.0594. The number of carbonyl (C=O) groups is 1. The molecule has 1 aliphatic rings. The van der Waals surface area contributed by atoms with E-state index in [1.807, 2.05) is 13.0 Å². The van der Waals surface area contributed by atoms with Gasteiger partial charge in [0.2, 0.25) is 0 Å². The maximum atomic E-state index is 11.8. The van der Waals surface area contributed by atoms with Crippen molar-refractivity contribution in [3.05, 3.63) is 23.3 Å². The molecule has 6 heteroatoms.